The van der Waals surface area contributed by atoms with Gasteiger partial charge in [0.05, 0.1) is 4.83 Å². The third kappa shape index (κ3) is 3.17. The predicted molar refractivity (Wildman–Crippen MR) is 88.8 cm³/mol. The largest absolute Gasteiger partial charge is 0.465 e. The number of furan rings is 1. The van der Waals surface area contributed by atoms with Crippen LogP contribution in [0, 0.1) is 6.92 Å². The van der Waals surface area contributed by atoms with Crippen molar-refractivity contribution in [1.29, 1.82) is 0 Å². The van der Waals surface area contributed by atoms with E-state index < -0.39 is 0 Å². The summed E-state index contributed by atoms with van der Waals surface area (Å²) in [5.74, 6) is 2.98. The average molecular weight is 335 g/mol. The quantitative estimate of drug-likeness (QED) is 0.596. The van der Waals surface area contributed by atoms with E-state index in [2.05, 4.69) is 67.9 Å². The summed E-state index contributed by atoms with van der Waals surface area (Å²) in [6, 6.07) is 10.9. The van der Waals surface area contributed by atoms with Gasteiger partial charge in [0, 0.05) is 0 Å². The minimum absolute atomic E-state index is 0.120. The van der Waals surface area contributed by atoms with Crippen molar-refractivity contribution in [3.8, 4) is 0 Å². The van der Waals surface area contributed by atoms with Crippen molar-refractivity contribution in [2.24, 2.45) is 0 Å². The second kappa shape index (κ2) is 6.17. The Balaban J connectivity index is 2.45. The van der Waals surface area contributed by atoms with Gasteiger partial charge in [-0.15, -0.1) is 0 Å². The van der Waals surface area contributed by atoms with Gasteiger partial charge >= 0.3 is 0 Å². The molecule has 108 valence electrons. The van der Waals surface area contributed by atoms with Gasteiger partial charge in [-0.1, -0.05) is 61.8 Å². The van der Waals surface area contributed by atoms with Crippen LogP contribution in [0.15, 0.2) is 34.7 Å². The summed E-state index contributed by atoms with van der Waals surface area (Å²) in [6.45, 7) is 10.9. The highest BCUT2D eigenvalue weighted by Crippen LogP contribution is 2.37. The highest BCUT2D eigenvalue weighted by Gasteiger charge is 2.19. The first-order valence-corrected chi connectivity index (χ1v) is 8.15. The van der Waals surface area contributed by atoms with Crippen molar-refractivity contribution in [3.05, 3.63) is 58.5 Å². The molecule has 0 saturated carbocycles. The second-order valence-electron chi connectivity index (χ2n) is 6.01. The molecule has 20 heavy (non-hydrogen) atoms. The van der Waals surface area contributed by atoms with Crippen LogP contribution < -0.4 is 0 Å². The zero-order chi connectivity index (χ0) is 14.9. The first-order valence-electron chi connectivity index (χ1n) is 7.24. The molecule has 0 aliphatic heterocycles. The molecule has 1 aromatic carbocycles. The first kappa shape index (κ1) is 15.4. The lowest BCUT2D eigenvalue weighted by Gasteiger charge is -2.19. The van der Waals surface area contributed by atoms with Gasteiger partial charge in [0.25, 0.3) is 0 Å². The molecule has 1 unspecified atom stereocenters. The van der Waals surface area contributed by atoms with Gasteiger partial charge in [-0.05, 0) is 47.6 Å². The number of halogens is 1. The summed E-state index contributed by atoms with van der Waals surface area (Å²) < 4.78 is 5.77. The molecule has 0 amide bonds. The Morgan fingerprint density at radius 2 is 1.60 bits per heavy atom. The van der Waals surface area contributed by atoms with E-state index in [1.807, 2.05) is 13.0 Å². The van der Waals surface area contributed by atoms with Crippen molar-refractivity contribution in [1.82, 2.24) is 0 Å². The third-order valence-corrected chi connectivity index (χ3v) is 4.63. The zero-order valence-electron chi connectivity index (χ0n) is 12.9. The molecule has 2 rings (SSSR count). The Morgan fingerprint density at radius 1 is 0.900 bits per heavy atom. The van der Waals surface area contributed by atoms with E-state index in [4.69, 9.17) is 4.42 Å². The Hall–Kier alpha value is -1.02. The maximum absolute atomic E-state index is 5.77. The van der Waals surface area contributed by atoms with E-state index >= 15 is 0 Å². The molecule has 0 bridgehead atoms. The number of benzene rings is 1. The minimum Gasteiger partial charge on any atom is -0.465 e. The maximum atomic E-state index is 5.77. The summed E-state index contributed by atoms with van der Waals surface area (Å²) in [4.78, 5) is 0.120. The molecular weight excluding hydrogens is 312 g/mol. The Labute approximate surface area is 130 Å². The summed E-state index contributed by atoms with van der Waals surface area (Å²) in [7, 11) is 0. The molecule has 0 fully saturated rings. The van der Waals surface area contributed by atoms with E-state index in [0.717, 1.165) is 11.5 Å². The van der Waals surface area contributed by atoms with E-state index in [1.165, 1.54) is 16.7 Å². The molecular formula is C18H23BrO. The Kier molecular flexibility index (Phi) is 4.74. The van der Waals surface area contributed by atoms with Crippen LogP contribution in [0.25, 0.3) is 0 Å². The topological polar surface area (TPSA) is 13.1 Å². The predicted octanol–water partition coefficient (Wildman–Crippen LogP) is 6.32. The molecule has 1 heterocycles. The van der Waals surface area contributed by atoms with Gasteiger partial charge < -0.3 is 4.42 Å². The maximum Gasteiger partial charge on any atom is 0.122 e. The molecule has 2 aromatic rings. The smallest absolute Gasteiger partial charge is 0.122 e. The highest BCUT2D eigenvalue weighted by molar-refractivity contribution is 9.09. The van der Waals surface area contributed by atoms with Crippen molar-refractivity contribution >= 4 is 15.9 Å². The van der Waals surface area contributed by atoms with Crippen LogP contribution in [0.4, 0.5) is 0 Å². The number of aryl methyl sites for hydroxylation is 1. The average Bonchev–Trinajstić information content (AvgIpc) is 2.83. The van der Waals surface area contributed by atoms with Crippen LogP contribution >= 0.6 is 15.9 Å². The molecule has 1 atom stereocenters. The summed E-state index contributed by atoms with van der Waals surface area (Å²) in [5, 5.41) is 0. The van der Waals surface area contributed by atoms with Gasteiger partial charge in [-0.3, -0.25) is 0 Å². The van der Waals surface area contributed by atoms with Crippen molar-refractivity contribution < 1.29 is 4.42 Å². The molecule has 2 heteroatoms. The Bertz CT molecular complexity index is 581. The molecule has 0 radical (unpaired) electrons. The van der Waals surface area contributed by atoms with Crippen molar-refractivity contribution in [2.45, 2.75) is 51.3 Å². The van der Waals surface area contributed by atoms with Crippen molar-refractivity contribution in [3.63, 3.8) is 0 Å². The fourth-order valence-corrected chi connectivity index (χ4v) is 3.09. The van der Waals surface area contributed by atoms with E-state index in [0.29, 0.717) is 11.8 Å². The van der Waals surface area contributed by atoms with Gasteiger partial charge in [-0.2, -0.15) is 0 Å². The summed E-state index contributed by atoms with van der Waals surface area (Å²) in [5.41, 5.74) is 4.10. The minimum atomic E-state index is 0.120. The van der Waals surface area contributed by atoms with Gasteiger partial charge in [-0.25, -0.2) is 0 Å². The monoisotopic (exact) mass is 334 g/mol. The normalized spacial score (nSPS) is 13.2. The fourth-order valence-electron chi connectivity index (χ4n) is 2.43. The second-order valence-corrected chi connectivity index (χ2v) is 6.92. The van der Waals surface area contributed by atoms with Crippen LogP contribution in [0.2, 0.25) is 0 Å². The fraction of sp³-hybridized carbons (Fsp3) is 0.444. The van der Waals surface area contributed by atoms with E-state index in [1.54, 1.807) is 0 Å². The van der Waals surface area contributed by atoms with Crippen LogP contribution in [0.5, 0.6) is 0 Å². The van der Waals surface area contributed by atoms with Crippen molar-refractivity contribution in [2.75, 3.05) is 0 Å². The number of hydrogen-bond acceptors (Lipinski definition) is 1. The molecule has 0 spiro atoms. The molecule has 1 aromatic heterocycles. The van der Waals surface area contributed by atoms with E-state index in [9.17, 15) is 0 Å². The molecule has 0 N–H and O–H groups in total. The standard InChI is InChI=1S/C18H23BrO/c1-11(2)14-7-8-15(16(10-14)12(3)4)18(19)17-9-6-13(5)20-17/h6-12,18H,1-5H3. The van der Waals surface area contributed by atoms with Crippen LogP contribution in [0.3, 0.4) is 0 Å². The van der Waals surface area contributed by atoms with Gasteiger partial charge in [0.1, 0.15) is 11.5 Å². The van der Waals surface area contributed by atoms with Crippen LogP contribution in [-0.4, -0.2) is 0 Å². The lowest BCUT2D eigenvalue weighted by Crippen LogP contribution is -2.02. The molecule has 0 saturated heterocycles. The third-order valence-electron chi connectivity index (χ3n) is 3.68. The van der Waals surface area contributed by atoms with Crippen LogP contribution in [-0.2, 0) is 0 Å². The summed E-state index contributed by atoms with van der Waals surface area (Å²) >= 11 is 3.79. The zero-order valence-corrected chi connectivity index (χ0v) is 14.5. The lowest BCUT2D eigenvalue weighted by atomic mass is 9.90. The molecule has 1 nitrogen and oxygen atoms in total. The first-order chi connectivity index (χ1) is 9.40. The SMILES string of the molecule is Cc1ccc(C(Br)c2ccc(C(C)C)cc2C(C)C)o1. The molecule has 0 aliphatic rings. The highest BCUT2D eigenvalue weighted by atomic mass is 79.9. The number of hydrogen-bond donors (Lipinski definition) is 0. The summed E-state index contributed by atoms with van der Waals surface area (Å²) in [6.07, 6.45) is 0. The number of rotatable bonds is 4. The van der Waals surface area contributed by atoms with Crippen LogP contribution in [0.1, 0.15) is 72.6 Å². The molecule has 0 aliphatic carbocycles. The number of alkyl halides is 1. The lowest BCUT2D eigenvalue weighted by molar-refractivity contribution is 0.491. The van der Waals surface area contributed by atoms with Gasteiger partial charge in [0.15, 0.2) is 0 Å². The Morgan fingerprint density at radius 3 is 2.10 bits per heavy atom. The van der Waals surface area contributed by atoms with Gasteiger partial charge in [0.2, 0.25) is 0 Å². The van der Waals surface area contributed by atoms with E-state index in [-0.39, 0.29) is 4.83 Å².